The van der Waals surface area contributed by atoms with Gasteiger partial charge in [-0.25, -0.2) is 19.6 Å². The fourth-order valence-corrected chi connectivity index (χ4v) is 3.59. The van der Waals surface area contributed by atoms with Crippen LogP contribution in [0.3, 0.4) is 0 Å². The number of carbonyl (C=O) groups is 2. The molecule has 1 saturated heterocycles. The van der Waals surface area contributed by atoms with Gasteiger partial charge < -0.3 is 8.85 Å². The van der Waals surface area contributed by atoms with E-state index in [-0.39, 0.29) is 0 Å². The maximum atomic E-state index is 12.5. The summed E-state index contributed by atoms with van der Waals surface area (Å²) in [4.78, 5) is 25.1. The second-order valence-electron chi connectivity index (χ2n) is 7.85. The fraction of sp³-hybridized carbons (Fsp3) is 0.500. The van der Waals surface area contributed by atoms with Crippen LogP contribution in [0.5, 0.6) is 0 Å². The molecule has 1 aliphatic carbocycles. The SMILES string of the molecule is C[Si](C)(C)OC(=O)N1CC(=C2C=CC=C2)CN1C(=O)O[Si](C)(C)C. The van der Waals surface area contributed by atoms with Crippen molar-refractivity contribution in [2.45, 2.75) is 39.3 Å². The van der Waals surface area contributed by atoms with E-state index in [9.17, 15) is 9.59 Å². The van der Waals surface area contributed by atoms with Crippen LogP contribution in [0.2, 0.25) is 39.3 Å². The molecule has 6 nitrogen and oxygen atoms in total. The van der Waals surface area contributed by atoms with Crippen LogP contribution in [-0.4, -0.2) is 51.9 Å². The molecule has 0 unspecified atom stereocenters. The lowest BCUT2D eigenvalue weighted by Crippen LogP contribution is -2.49. The van der Waals surface area contributed by atoms with Gasteiger partial charge >= 0.3 is 12.2 Å². The van der Waals surface area contributed by atoms with Crippen LogP contribution < -0.4 is 0 Å². The van der Waals surface area contributed by atoms with Crippen molar-refractivity contribution in [3.8, 4) is 0 Å². The average Bonchev–Trinajstić information content (AvgIpc) is 3.04. The number of rotatable bonds is 2. The third-order valence-corrected chi connectivity index (χ3v) is 4.83. The first-order valence-electron chi connectivity index (χ1n) is 8.04. The van der Waals surface area contributed by atoms with Crippen molar-refractivity contribution in [2.75, 3.05) is 13.1 Å². The van der Waals surface area contributed by atoms with Crippen LogP contribution in [0.4, 0.5) is 9.59 Å². The Labute approximate surface area is 145 Å². The van der Waals surface area contributed by atoms with Crippen molar-refractivity contribution < 1.29 is 18.4 Å². The van der Waals surface area contributed by atoms with Crippen molar-refractivity contribution in [2.24, 2.45) is 0 Å². The molecule has 0 radical (unpaired) electrons. The first-order chi connectivity index (χ1) is 11.0. The minimum absolute atomic E-state index is 0.341. The number of hydrazine groups is 1. The largest absolute Gasteiger partial charge is 0.503 e. The van der Waals surface area contributed by atoms with E-state index in [1.807, 2.05) is 63.6 Å². The van der Waals surface area contributed by atoms with Crippen molar-refractivity contribution in [3.05, 3.63) is 35.5 Å². The number of carbonyl (C=O) groups excluding carboxylic acids is 2. The third-order valence-electron chi connectivity index (χ3n) is 3.25. The highest BCUT2D eigenvalue weighted by Crippen LogP contribution is 2.25. The van der Waals surface area contributed by atoms with Crippen molar-refractivity contribution in [1.82, 2.24) is 10.0 Å². The van der Waals surface area contributed by atoms with E-state index in [0.717, 1.165) is 11.1 Å². The molecule has 0 saturated carbocycles. The van der Waals surface area contributed by atoms with Gasteiger partial charge in [-0.15, -0.1) is 0 Å². The van der Waals surface area contributed by atoms with Gasteiger partial charge in [0.1, 0.15) is 0 Å². The number of allylic oxidation sites excluding steroid dienone is 5. The van der Waals surface area contributed by atoms with E-state index in [2.05, 4.69) is 0 Å². The monoisotopic (exact) mass is 366 g/mol. The second kappa shape index (κ2) is 6.60. The lowest BCUT2D eigenvalue weighted by Gasteiger charge is -2.31. The molecule has 2 aliphatic rings. The van der Waals surface area contributed by atoms with E-state index >= 15 is 0 Å². The lowest BCUT2D eigenvalue weighted by molar-refractivity contribution is 0.0408. The molecule has 1 aliphatic heterocycles. The topological polar surface area (TPSA) is 59.1 Å². The van der Waals surface area contributed by atoms with Gasteiger partial charge in [0.25, 0.3) is 0 Å². The minimum atomic E-state index is -2.06. The summed E-state index contributed by atoms with van der Waals surface area (Å²) >= 11 is 0. The predicted octanol–water partition coefficient (Wildman–Crippen LogP) is 3.88. The molecule has 0 bridgehead atoms. The molecule has 1 heterocycles. The van der Waals surface area contributed by atoms with Crippen LogP contribution in [0.1, 0.15) is 0 Å². The Morgan fingerprint density at radius 1 is 0.833 bits per heavy atom. The summed E-state index contributed by atoms with van der Waals surface area (Å²) in [6.45, 7) is 12.3. The Hall–Kier alpha value is -1.81. The quantitative estimate of drug-likeness (QED) is 0.696. The lowest BCUT2D eigenvalue weighted by atomic mass is 10.1. The highest BCUT2D eigenvalue weighted by atomic mass is 28.4. The summed E-state index contributed by atoms with van der Waals surface area (Å²) in [6.07, 6.45) is 6.87. The van der Waals surface area contributed by atoms with E-state index in [4.69, 9.17) is 8.85 Å². The second-order valence-corrected chi connectivity index (χ2v) is 16.7. The van der Waals surface area contributed by atoms with Crippen LogP contribution in [0.25, 0.3) is 0 Å². The normalized spacial score (nSPS) is 17.8. The Balaban J connectivity index is 2.24. The van der Waals surface area contributed by atoms with Crippen molar-refractivity contribution in [1.29, 1.82) is 0 Å². The summed E-state index contributed by atoms with van der Waals surface area (Å²) in [7, 11) is -4.12. The van der Waals surface area contributed by atoms with Crippen molar-refractivity contribution >= 4 is 28.8 Å². The smallest absolute Gasteiger partial charge is 0.415 e. The molecule has 0 spiro atoms. The highest BCUT2D eigenvalue weighted by molar-refractivity contribution is 6.71. The summed E-state index contributed by atoms with van der Waals surface area (Å²) in [5, 5.41) is 2.73. The van der Waals surface area contributed by atoms with Gasteiger partial charge in [0.15, 0.2) is 0 Å². The first-order valence-corrected chi connectivity index (χ1v) is 14.9. The minimum Gasteiger partial charge on any atom is -0.503 e. The van der Waals surface area contributed by atoms with Crippen LogP contribution >= 0.6 is 0 Å². The van der Waals surface area contributed by atoms with Gasteiger partial charge in [0.05, 0.1) is 13.1 Å². The molecule has 0 aromatic carbocycles. The first kappa shape index (κ1) is 18.5. The van der Waals surface area contributed by atoms with Gasteiger partial charge in [-0.3, -0.25) is 0 Å². The Bertz CT molecular complexity index is 575. The summed E-state index contributed by atoms with van der Waals surface area (Å²) in [5.74, 6) is 0. The molecule has 0 atom stereocenters. The van der Waals surface area contributed by atoms with Crippen LogP contribution in [-0.2, 0) is 8.85 Å². The number of hydrogen-bond acceptors (Lipinski definition) is 4. The summed E-state index contributed by atoms with van der Waals surface area (Å²) < 4.78 is 11.1. The maximum absolute atomic E-state index is 12.5. The molecule has 8 heteroatoms. The summed E-state index contributed by atoms with van der Waals surface area (Å²) in [6, 6.07) is 0. The molecular formula is C16H26N2O4Si2. The van der Waals surface area contributed by atoms with Gasteiger partial charge in [-0.2, -0.15) is 0 Å². The Morgan fingerprint density at radius 3 is 1.54 bits per heavy atom. The number of hydrogen-bond donors (Lipinski definition) is 0. The van der Waals surface area contributed by atoms with Gasteiger partial charge in [0.2, 0.25) is 16.6 Å². The Kier molecular flexibility index (Phi) is 5.09. The molecule has 0 N–H and O–H groups in total. The van der Waals surface area contributed by atoms with E-state index in [1.54, 1.807) is 0 Å². The molecule has 132 valence electrons. The number of amides is 2. The van der Waals surface area contributed by atoms with Gasteiger partial charge in [-0.1, -0.05) is 24.3 Å². The number of nitrogens with zero attached hydrogens (tertiary/aromatic N) is 2. The fourth-order valence-electron chi connectivity index (χ4n) is 2.33. The maximum Gasteiger partial charge on any atom is 0.415 e. The van der Waals surface area contributed by atoms with Gasteiger partial charge in [-0.05, 0) is 50.4 Å². The Morgan fingerprint density at radius 2 is 1.21 bits per heavy atom. The molecule has 24 heavy (non-hydrogen) atoms. The van der Waals surface area contributed by atoms with E-state index < -0.39 is 28.8 Å². The predicted molar refractivity (Wildman–Crippen MR) is 98.4 cm³/mol. The molecule has 0 aromatic rings. The molecule has 0 aromatic heterocycles. The van der Waals surface area contributed by atoms with Gasteiger partial charge in [0, 0.05) is 0 Å². The van der Waals surface area contributed by atoms with Crippen molar-refractivity contribution in [3.63, 3.8) is 0 Å². The molecule has 1 fully saturated rings. The summed E-state index contributed by atoms with van der Waals surface area (Å²) in [5.41, 5.74) is 2.03. The molecular weight excluding hydrogens is 340 g/mol. The van der Waals surface area contributed by atoms with Crippen LogP contribution in [0, 0.1) is 0 Å². The van der Waals surface area contributed by atoms with E-state index in [0.29, 0.717) is 13.1 Å². The molecule has 2 rings (SSSR count). The van der Waals surface area contributed by atoms with Crippen LogP contribution in [0.15, 0.2) is 35.5 Å². The zero-order valence-electron chi connectivity index (χ0n) is 15.3. The van der Waals surface area contributed by atoms with E-state index in [1.165, 1.54) is 10.0 Å². The third kappa shape index (κ3) is 4.84. The zero-order chi connectivity index (χ0) is 18.1. The zero-order valence-corrected chi connectivity index (χ0v) is 17.3. The molecule has 2 amide bonds. The highest BCUT2D eigenvalue weighted by Gasteiger charge is 2.39. The average molecular weight is 367 g/mol. The standard InChI is InChI=1S/C16H26N2O4Si2/c1-23(2,3)21-15(19)17-11-14(13-9-7-8-10-13)12-18(17)16(20)22-24(4,5)6/h7-10H,11-12H2,1-6H3.